The lowest BCUT2D eigenvalue weighted by Gasteiger charge is -2.38. The van der Waals surface area contributed by atoms with Crippen LogP contribution in [0.4, 0.5) is 5.69 Å². The molecule has 0 radical (unpaired) electrons. The van der Waals surface area contributed by atoms with E-state index >= 15 is 0 Å². The van der Waals surface area contributed by atoms with Crippen LogP contribution in [0.15, 0.2) is 67.0 Å². The number of rotatable bonds is 2. The second-order valence-electron chi connectivity index (χ2n) is 6.97. The molecule has 128 valence electrons. The summed E-state index contributed by atoms with van der Waals surface area (Å²) in [5.74, 6) is 0. The molecule has 0 amide bonds. The molecule has 0 spiro atoms. The summed E-state index contributed by atoms with van der Waals surface area (Å²) in [5, 5.41) is 2.29. The first-order chi connectivity index (χ1) is 12.8. The van der Waals surface area contributed by atoms with Gasteiger partial charge in [-0.05, 0) is 36.1 Å². The van der Waals surface area contributed by atoms with Crippen molar-refractivity contribution in [2.24, 2.45) is 0 Å². The zero-order valence-electron chi connectivity index (χ0n) is 14.9. The summed E-state index contributed by atoms with van der Waals surface area (Å²) in [4.78, 5) is 11.9. The molecule has 4 aromatic rings. The molecular formula is C23H21N3. The van der Waals surface area contributed by atoms with Gasteiger partial charge in [0.25, 0.3) is 0 Å². The van der Waals surface area contributed by atoms with Gasteiger partial charge in [0.15, 0.2) is 0 Å². The van der Waals surface area contributed by atoms with Crippen LogP contribution in [0.3, 0.4) is 0 Å². The third-order valence-corrected chi connectivity index (χ3v) is 5.54. The SMILES string of the molecule is CCC1c2ccccc2CCN1c1cnc2c(ccc3cccnc32)c1. The van der Waals surface area contributed by atoms with Gasteiger partial charge in [0.2, 0.25) is 0 Å². The lowest BCUT2D eigenvalue weighted by molar-refractivity contribution is 0.567. The summed E-state index contributed by atoms with van der Waals surface area (Å²) in [6, 6.07) is 19.9. The Morgan fingerprint density at radius 3 is 2.73 bits per heavy atom. The predicted molar refractivity (Wildman–Crippen MR) is 108 cm³/mol. The van der Waals surface area contributed by atoms with E-state index < -0.39 is 0 Å². The van der Waals surface area contributed by atoms with E-state index in [-0.39, 0.29) is 0 Å². The van der Waals surface area contributed by atoms with Crippen LogP contribution in [0.2, 0.25) is 0 Å². The van der Waals surface area contributed by atoms with Gasteiger partial charge in [0.05, 0.1) is 29.0 Å². The molecule has 1 atom stereocenters. The number of fused-ring (bicyclic) bond motifs is 4. The Morgan fingerprint density at radius 1 is 0.962 bits per heavy atom. The minimum Gasteiger partial charge on any atom is -0.363 e. The number of hydrogen-bond acceptors (Lipinski definition) is 3. The normalized spacial score (nSPS) is 16.8. The molecule has 0 fully saturated rings. The van der Waals surface area contributed by atoms with Crippen molar-refractivity contribution in [2.75, 3.05) is 11.4 Å². The van der Waals surface area contributed by atoms with Gasteiger partial charge >= 0.3 is 0 Å². The number of anilines is 1. The van der Waals surface area contributed by atoms with E-state index in [1.54, 1.807) is 0 Å². The van der Waals surface area contributed by atoms with Gasteiger partial charge in [-0.15, -0.1) is 0 Å². The van der Waals surface area contributed by atoms with Crippen molar-refractivity contribution in [3.8, 4) is 0 Å². The Labute approximate surface area is 153 Å². The van der Waals surface area contributed by atoms with E-state index in [9.17, 15) is 0 Å². The Kier molecular flexibility index (Phi) is 3.59. The molecule has 2 aromatic carbocycles. The van der Waals surface area contributed by atoms with Crippen LogP contribution in [0.5, 0.6) is 0 Å². The molecule has 1 aliphatic heterocycles. The summed E-state index contributed by atoms with van der Waals surface area (Å²) in [7, 11) is 0. The van der Waals surface area contributed by atoms with Crippen molar-refractivity contribution in [1.82, 2.24) is 9.97 Å². The number of benzene rings is 2. The standard InChI is InChI=1S/C23H21N3/c1-2-21-20-8-4-3-6-16(20)11-13-26(21)19-14-18-10-9-17-7-5-12-24-22(17)23(18)25-15-19/h3-10,12,14-15,21H,2,11,13H2,1H3. The van der Waals surface area contributed by atoms with Crippen LogP contribution >= 0.6 is 0 Å². The van der Waals surface area contributed by atoms with Crippen molar-refractivity contribution >= 4 is 27.5 Å². The highest BCUT2D eigenvalue weighted by molar-refractivity contribution is 6.03. The number of aromatic nitrogens is 2. The summed E-state index contributed by atoms with van der Waals surface area (Å²) in [5.41, 5.74) is 6.11. The van der Waals surface area contributed by atoms with Gasteiger partial charge in [0, 0.05) is 23.5 Å². The van der Waals surface area contributed by atoms with Gasteiger partial charge in [-0.1, -0.05) is 49.4 Å². The first-order valence-corrected chi connectivity index (χ1v) is 9.33. The third kappa shape index (κ3) is 2.35. The molecule has 1 aliphatic rings. The smallest absolute Gasteiger partial charge is 0.0966 e. The maximum atomic E-state index is 4.81. The molecule has 0 N–H and O–H groups in total. The van der Waals surface area contributed by atoms with Crippen LogP contribution in [-0.2, 0) is 6.42 Å². The molecule has 26 heavy (non-hydrogen) atoms. The van der Waals surface area contributed by atoms with Gasteiger partial charge in [-0.25, -0.2) is 0 Å². The highest BCUT2D eigenvalue weighted by atomic mass is 15.2. The number of nitrogens with zero attached hydrogens (tertiary/aromatic N) is 3. The average Bonchev–Trinajstić information content (AvgIpc) is 2.72. The summed E-state index contributed by atoms with van der Waals surface area (Å²) in [6.07, 6.45) is 6.04. The maximum absolute atomic E-state index is 4.81. The molecular weight excluding hydrogens is 318 g/mol. The van der Waals surface area contributed by atoms with Crippen molar-refractivity contribution < 1.29 is 0 Å². The largest absolute Gasteiger partial charge is 0.363 e. The second-order valence-corrected chi connectivity index (χ2v) is 6.97. The topological polar surface area (TPSA) is 29.0 Å². The molecule has 3 nitrogen and oxygen atoms in total. The van der Waals surface area contributed by atoms with Crippen LogP contribution in [0.25, 0.3) is 21.8 Å². The molecule has 0 bridgehead atoms. The van der Waals surface area contributed by atoms with Gasteiger partial charge in [0.1, 0.15) is 0 Å². The lowest BCUT2D eigenvalue weighted by Crippen LogP contribution is -2.35. The molecule has 1 unspecified atom stereocenters. The average molecular weight is 339 g/mol. The van der Waals surface area contributed by atoms with E-state index in [1.807, 2.05) is 18.5 Å². The van der Waals surface area contributed by atoms with Crippen LogP contribution in [-0.4, -0.2) is 16.5 Å². The predicted octanol–water partition coefficient (Wildman–Crippen LogP) is 5.30. The van der Waals surface area contributed by atoms with Gasteiger partial charge in [-0.2, -0.15) is 0 Å². The van der Waals surface area contributed by atoms with Crippen molar-refractivity contribution in [1.29, 1.82) is 0 Å². The fourth-order valence-electron chi connectivity index (χ4n) is 4.28. The molecule has 0 saturated heterocycles. The molecule has 5 rings (SSSR count). The monoisotopic (exact) mass is 339 g/mol. The number of hydrogen-bond donors (Lipinski definition) is 0. The van der Waals surface area contributed by atoms with Gasteiger partial charge in [-0.3, -0.25) is 9.97 Å². The Bertz CT molecular complexity index is 1100. The third-order valence-electron chi connectivity index (χ3n) is 5.54. The highest BCUT2D eigenvalue weighted by Gasteiger charge is 2.26. The summed E-state index contributed by atoms with van der Waals surface area (Å²) in [6.45, 7) is 3.31. The van der Waals surface area contributed by atoms with Gasteiger partial charge < -0.3 is 4.90 Å². The number of pyridine rings is 2. The lowest BCUT2D eigenvalue weighted by atomic mass is 9.90. The van der Waals surface area contributed by atoms with Crippen LogP contribution in [0, 0.1) is 0 Å². The summed E-state index contributed by atoms with van der Waals surface area (Å²) >= 11 is 0. The molecule has 2 aromatic heterocycles. The van der Waals surface area contributed by atoms with Crippen molar-refractivity contribution in [3.63, 3.8) is 0 Å². The minimum absolute atomic E-state index is 0.415. The van der Waals surface area contributed by atoms with Crippen molar-refractivity contribution in [2.45, 2.75) is 25.8 Å². The molecule has 3 heterocycles. The van der Waals surface area contributed by atoms with E-state index in [0.717, 1.165) is 41.2 Å². The first kappa shape index (κ1) is 15.3. The van der Waals surface area contributed by atoms with E-state index in [4.69, 9.17) is 4.98 Å². The van der Waals surface area contributed by atoms with Crippen LogP contribution < -0.4 is 4.90 Å². The quantitative estimate of drug-likeness (QED) is 0.464. The Morgan fingerprint density at radius 2 is 1.81 bits per heavy atom. The van der Waals surface area contributed by atoms with E-state index in [2.05, 4.69) is 65.3 Å². The fourth-order valence-corrected chi connectivity index (χ4v) is 4.28. The van der Waals surface area contributed by atoms with Crippen LogP contribution in [0.1, 0.15) is 30.5 Å². The maximum Gasteiger partial charge on any atom is 0.0966 e. The Hall–Kier alpha value is -2.94. The fraction of sp³-hybridized carbons (Fsp3) is 0.217. The second kappa shape index (κ2) is 6.10. The summed E-state index contributed by atoms with van der Waals surface area (Å²) < 4.78 is 0. The minimum atomic E-state index is 0.415. The zero-order valence-corrected chi connectivity index (χ0v) is 14.9. The molecule has 3 heteroatoms. The zero-order chi connectivity index (χ0) is 17.5. The van der Waals surface area contributed by atoms with Crippen molar-refractivity contribution in [3.05, 3.63) is 78.1 Å². The van der Waals surface area contributed by atoms with E-state index in [1.165, 1.54) is 16.8 Å². The highest BCUT2D eigenvalue weighted by Crippen LogP contribution is 2.36. The molecule has 0 saturated carbocycles. The molecule has 0 aliphatic carbocycles. The Balaban J connectivity index is 1.62. The van der Waals surface area contributed by atoms with E-state index in [0.29, 0.717) is 6.04 Å². The first-order valence-electron chi connectivity index (χ1n) is 9.33.